The van der Waals surface area contributed by atoms with E-state index in [9.17, 15) is 4.79 Å². The smallest absolute Gasteiger partial charge is 0.311 e. The molecule has 0 bridgehead atoms. The summed E-state index contributed by atoms with van der Waals surface area (Å²) in [5.41, 5.74) is 1.32. The van der Waals surface area contributed by atoms with E-state index in [1.807, 2.05) is 24.3 Å². The molecule has 0 amide bonds. The van der Waals surface area contributed by atoms with Gasteiger partial charge in [-0.15, -0.1) is 0 Å². The van der Waals surface area contributed by atoms with Crippen LogP contribution in [0.2, 0.25) is 0 Å². The molecule has 1 N–H and O–H groups in total. The zero-order valence-corrected chi connectivity index (χ0v) is 15.4. The van der Waals surface area contributed by atoms with Crippen molar-refractivity contribution in [3.63, 3.8) is 0 Å². The van der Waals surface area contributed by atoms with Gasteiger partial charge in [0.05, 0.1) is 0 Å². The number of ether oxygens (including phenoxy) is 2. The van der Waals surface area contributed by atoms with E-state index in [0.29, 0.717) is 24.0 Å². The van der Waals surface area contributed by atoms with Gasteiger partial charge in [0.25, 0.3) is 0 Å². The molecular formula is C22H27NO3. The van der Waals surface area contributed by atoms with Gasteiger partial charge in [-0.1, -0.05) is 37.6 Å². The second-order valence-corrected chi connectivity index (χ2v) is 6.71. The Morgan fingerprint density at radius 2 is 1.85 bits per heavy atom. The molecule has 0 spiro atoms. The Bertz CT molecular complexity index is 706. The van der Waals surface area contributed by atoms with Gasteiger partial charge in [0.2, 0.25) is 0 Å². The average Bonchev–Trinajstić information content (AvgIpc) is 2.69. The monoisotopic (exact) mass is 353 g/mol. The summed E-state index contributed by atoms with van der Waals surface area (Å²) in [6.07, 6.45) is 6.51. The predicted octanol–water partition coefficient (Wildman–Crippen LogP) is 4.87. The number of aryl methyl sites for hydroxylation is 1. The van der Waals surface area contributed by atoms with Gasteiger partial charge < -0.3 is 14.8 Å². The summed E-state index contributed by atoms with van der Waals surface area (Å²) in [5.74, 6) is 1.47. The van der Waals surface area contributed by atoms with Crippen LogP contribution in [-0.2, 0) is 11.2 Å². The fourth-order valence-corrected chi connectivity index (χ4v) is 3.18. The third-order valence-electron chi connectivity index (χ3n) is 4.71. The highest BCUT2D eigenvalue weighted by Crippen LogP contribution is 2.31. The summed E-state index contributed by atoms with van der Waals surface area (Å²) in [4.78, 5) is 11.5. The number of carbonyl (C=O) groups excluding carboxylic acids is 1. The third kappa shape index (κ3) is 5.33. The Morgan fingerprint density at radius 1 is 1.08 bits per heavy atom. The number of rotatable bonds is 7. The molecule has 1 aliphatic heterocycles. The molecule has 1 saturated heterocycles. The van der Waals surface area contributed by atoms with Gasteiger partial charge in [0, 0.05) is 12.5 Å². The Hall–Kier alpha value is -2.33. The van der Waals surface area contributed by atoms with Crippen LogP contribution in [0.3, 0.4) is 0 Å². The van der Waals surface area contributed by atoms with Crippen LogP contribution in [0, 0.1) is 0 Å². The van der Waals surface area contributed by atoms with Crippen molar-refractivity contribution in [2.45, 2.75) is 51.5 Å². The molecule has 1 heterocycles. The fourth-order valence-electron chi connectivity index (χ4n) is 3.18. The first-order valence-corrected chi connectivity index (χ1v) is 9.54. The van der Waals surface area contributed by atoms with E-state index < -0.39 is 0 Å². The molecule has 0 aliphatic carbocycles. The van der Waals surface area contributed by atoms with Crippen LogP contribution in [0.1, 0.15) is 44.6 Å². The number of hydrogen-bond acceptors (Lipinski definition) is 4. The lowest BCUT2D eigenvalue weighted by atomic mass is 9.98. The molecule has 138 valence electrons. The van der Waals surface area contributed by atoms with Crippen molar-refractivity contribution < 1.29 is 14.3 Å². The minimum absolute atomic E-state index is 0.271. The highest BCUT2D eigenvalue weighted by atomic mass is 16.6. The molecule has 1 aliphatic rings. The van der Waals surface area contributed by atoms with Crippen LogP contribution in [0.25, 0.3) is 0 Å². The number of esters is 1. The van der Waals surface area contributed by atoms with Gasteiger partial charge in [0.15, 0.2) is 11.5 Å². The third-order valence-corrected chi connectivity index (χ3v) is 4.71. The first kappa shape index (κ1) is 18.5. The maximum Gasteiger partial charge on any atom is 0.311 e. The Labute approximate surface area is 155 Å². The first-order chi connectivity index (χ1) is 12.7. The van der Waals surface area contributed by atoms with Crippen LogP contribution in [0.5, 0.6) is 17.2 Å². The molecule has 1 atom stereocenters. The van der Waals surface area contributed by atoms with Crippen molar-refractivity contribution in [3.05, 3.63) is 54.1 Å². The number of benzene rings is 2. The van der Waals surface area contributed by atoms with Gasteiger partial charge in [-0.25, -0.2) is 0 Å². The first-order valence-electron chi connectivity index (χ1n) is 9.54. The molecule has 0 aromatic heterocycles. The fraction of sp³-hybridized carbons (Fsp3) is 0.409. The summed E-state index contributed by atoms with van der Waals surface area (Å²) < 4.78 is 11.2. The Morgan fingerprint density at radius 3 is 2.54 bits per heavy atom. The van der Waals surface area contributed by atoms with Gasteiger partial charge >= 0.3 is 5.97 Å². The van der Waals surface area contributed by atoms with Crippen LogP contribution in [0.4, 0.5) is 0 Å². The predicted molar refractivity (Wildman–Crippen MR) is 103 cm³/mol. The minimum atomic E-state index is -0.271. The standard InChI is InChI=1S/C22H27NO3/c1-2-22(24)26-21-9-4-3-8-20(21)25-19-14-11-17(12-15-19)10-13-18-7-5-6-16-23-18/h3-4,8-9,11-12,14-15,18,23H,2,5-7,10,13,16H2,1H3. The molecule has 4 heteroatoms. The SMILES string of the molecule is CCC(=O)Oc1ccccc1Oc1ccc(CCC2CCCCN2)cc1. The van der Waals surface area contributed by atoms with E-state index in [0.717, 1.165) is 18.7 Å². The minimum Gasteiger partial charge on any atom is -0.453 e. The topological polar surface area (TPSA) is 47.6 Å². The number of piperidine rings is 1. The second-order valence-electron chi connectivity index (χ2n) is 6.71. The Balaban J connectivity index is 1.58. The maximum atomic E-state index is 11.5. The van der Waals surface area contributed by atoms with E-state index in [-0.39, 0.29) is 5.97 Å². The lowest BCUT2D eigenvalue weighted by Crippen LogP contribution is -2.34. The van der Waals surface area contributed by atoms with Crippen molar-refractivity contribution in [2.75, 3.05) is 6.54 Å². The van der Waals surface area contributed by atoms with Crippen LogP contribution < -0.4 is 14.8 Å². The lowest BCUT2D eigenvalue weighted by molar-refractivity contribution is -0.134. The molecule has 0 radical (unpaired) electrons. The second kappa shape index (κ2) is 9.39. The number of nitrogens with one attached hydrogen (secondary N) is 1. The zero-order chi connectivity index (χ0) is 18.2. The molecule has 3 rings (SSSR count). The van der Waals surface area contributed by atoms with Crippen molar-refractivity contribution in [3.8, 4) is 17.2 Å². The van der Waals surface area contributed by atoms with Gasteiger partial charge in [0.1, 0.15) is 5.75 Å². The van der Waals surface area contributed by atoms with Crippen LogP contribution in [0.15, 0.2) is 48.5 Å². The summed E-state index contributed by atoms with van der Waals surface area (Å²) in [5, 5.41) is 3.59. The van der Waals surface area contributed by atoms with Crippen LogP contribution >= 0.6 is 0 Å². The zero-order valence-electron chi connectivity index (χ0n) is 15.4. The highest BCUT2D eigenvalue weighted by Gasteiger charge is 2.12. The normalized spacial score (nSPS) is 16.9. The molecule has 2 aromatic carbocycles. The van der Waals surface area contributed by atoms with Crippen LogP contribution in [-0.4, -0.2) is 18.6 Å². The van der Waals surface area contributed by atoms with E-state index in [1.54, 1.807) is 19.1 Å². The van der Waals surface area contributed by atoms with E-state index in [4.69, 9.17) is 9.47 Å². The molecule has 26 heavy (non-hydrogen) atoms. The largest absolute Gasteiger partial charge is 0.453 e. The summed E-state index contributed by atoms with van der Waals surface area (Å²) >= 11 is 0. The van der Waals surface area contributed by atoms with Gasteiger partial charge in [-0.05, 0) is 62.1 Å². The number of para-hydroxylation sites is 2. The number of carbonyl (C=O) groups is 1. The Kier molecular flexibility index (Phi) is 6.67. The molecule has 2 aromatic rings. The molecule has 0 saturated carbocycles. The van der Waals surface area contributed by atoms with Crippen molar-refractivity contribution in [2.24, 2.45) is 0 Å². The average molecular weight is 353 g/mol. The summed E-state index contributed by atoms with van der Waals surface area (Å²) in [6, 6.07) is 16.1. The van der Waals surface area contributed by atoms with Gasteiger partial charge in [-0.2, -0.15) is 0 Å². The maximum absolute atomic E-state index is 11.5. The molecule has 1 unspecified atom stereocenters. The van der Waals surface area contributed by atoms with Crippen molar-refractivity contribution >= 4 is 5.97 Å². The van der Waals surface area contributed by atoms with E-state index in [2.05, 4.69) is 17.4 Å². The summed E-state index contributed by atoms with van der Waals surface area (Å²) in [7, 11) is 0. The van der Waals surface area contributed by atoms with Crippen molar-refractivity contribution in [1.29, 1.82) is 0 Å². The van der Waals surface area contributed by atoms with Crippen molar-refractivity contribution in [1.82, 2.24) is 5.32 Å². The lowest BCUT2D eigenvalue weighted by Gasteiger charge is -2.23. The molecular weight excluding hydrogens is 326 g/mol. The quantitative estimate of drug-likeness (QED) is 0.570. The molecule has 4 nitrogen and oxygen atoms in total. The highest BCUT2D eigenvalue weighted by molar-refractivity contribution is 5.72. The van der Waals surface area contributed by atoms with E-state index in [1.165, 1.54) is 31.2 Å². The number of hydrogen-bond donors (Lipinski definition) is 1. The molecule has 1 fully saturated rings. The van der Waals surface area contributed by atoms with E-state index >= 15 is 0 Å². The van der Waals surface area contributed by atoms with Gasteiger partial charge in [-0.3, -0.25) is 4.79 Å². The summed E-state index contributed by atoms with van der Waals surface area (Å²) in [6.45, 7) is 2.92.